The Balaban J connectivity index is 2.81. The Bertz CT molecular complexity index is 353. The largest absolute Gasteiger partial charge is 0.480 e. The number of β-amino-alcohol motifs (C(OH)–C–C–N with tert-alkyl or cyclic N) is 1. The lowest BCUT2D eigenvalue weighted by molar-refractivity contribution is -0.141. The number of hydrogen-bond acceptors (Lipinski definition) is 4. The molecule has 0 aromatic carbocycles. The van der Waals surface area contributed by atoms with Crippen LogP contribution in [0.3, 0.4) is 0 Å². The number of aliphatic hydroxyl groups is 2. The number of hydrogen-bond donors (Lipinski definition) is 3. The van der Waals surface area contributed by atoms with E-state index in [0.29, 0.717) is 6.54 Å². The molecule has 0 aliphatic carbocycles. The molecule has 2 amide bonds. The first kappa shape index (κ1) is 15.7. The summed E-state index contributed by atoms with van der Waals surface area (Å²) in [4.78, 5) is 25.9. The first-order valence-electron chi connectivity index (χ1n) is 6.34. The number of aliphatic carboxylic acids is 1. The number of nitrogens with zero attached hydrogens (tertiary/aromatic N) is 2. The molecule has 110 valence electrons. The van der Waals surface area contributed by atoms with E-state index < -0.39 is 29.7 Å². The molecule has 0 aromatic rings. The highest BCUT2D eigenvalue weighted by molar-refractivity contribution is 5.83. The van der Waals surface area contributed by atoms with Crippen molar-refractivity contribution in [3.8, 4) is 0 Å². The van der Waals surface area contributed by atoms with Crippen molar-refractivity contribution in [2.24, 2.45) is 0 Å². The van der Waals surface area contributed by atoms with Gasteiger partial charge in [-0.25, -0.2) is 9.59 Å². The van der Waals surface area contributed by atoms with Crippen LogP contribution in [0.2, 0.25) is 0 Å². The Morgan fingerprint density at radius 1 is 1.42 bits per heavy atom. The molecular formula is C12H22N2O5. The molecule has 0 saturated carbocycles. The fourth-order valence-electron chi connectivity index (χ4n) is 2.22. The molecule has 3 N–H and O–H groups in total. The van der Waals surface area contributed by atoms with Gasteiger partial charge in [0, 0.05) is 19.5 Å². The monoisotopic (exact) mass is 274 g/mol. The Kier molecular flexibility index (Phi) is 4.75. The van der Waals surface area contributed by atoms with Gasteiger partial charge in [0.15, 0.2) is 0 Å². The summed E-state index contributed by atoms with van der Waals surface area (Å²) in [5, 5.41) is 28.4. The lowest BCUT2D eigenvalue weighted by Crippen LogP contribution is -2.51. The van der Waals surface area contributed by atoms with Crippen LogP contribution in [0.25, 0.3) is 0 Å². The topological polar surface area (TPSA) is 101 Å². The van der Waals surface area contributed by atoms with Crippen molar-refractivity contribution in [1.82, 2.24) is 9.80 Å². The van der Waals surface area contributed by atoms with Crippen molar-refractivity contribution in [3.05, 3.63) is 0 Å². The summed E-state index contributed by atoms with van der Waals surface area (Å²) >= 11 is 0. The fraction of sp³-hybridized carbons (Fsp3) is 0.833. The standard InChI is InChI=1S/C12H22N2O5/c1-4-13(7-12(2,3)19)11(18)14-6-8(15)5-9(14)10(16)17/h8-9,15,19H,4-7H2,1-3H3,(H,16,17)/t8-,9-/m1/s1. The normalized spacial score (nSPS) is 23.5. The smallest absolute Gasteiger partial charge is 0.326 e. The van der Waals surface area contributed by atoms with Crippen LogP contribution in [-0.2, 0) is 4.79 Å². The molecule has 0 radical (unpaired) electrons. The highest BCUT2D eigenvalue weighted by atomic mass is 16.4. The molecule has 0 spiro atoms. The quantitative estimate of drug-likeness (QED) is 0.654. The third-order valence-corrected chi connectivity index (χ3v) is 3.04. The van der Waals surface area contributed by atoms with Gasteiger partial charge in [0.1, 0.15) is 6.04 Å². The number of aliphatic hydroxyl groups excluding tert-OH is 1. The number of urea groups is 1. The van der Waals surface area contributed by atoms with Crippen LogP contribution in [0.4, 0.5) is 4.79 Å². The van der Waals surface area contributed by atoms with Crippen LogP contribution >= 0.6 is 0 Å². The molecule has 0 aromatic heterocycles. The Morgan fingerprint density at radius 2 is 2.00 bits per heavy atom. The van der Waals surface area contributed by atoms with Crippen molar-refractivity contribution < 1.29 is 24.9 Å². The van der Waals surface area contributed by atoms with Crippen LogP contribution in [0, 0.1) is 0 Å². The van der Waals surface area contributed by atoms with Crippen LogP contribution in [0.5, 0.6) is 0 Å². The van der Waals surface area contributed by atoms with E-state index in [9.17, 15) is 19.8 Å². The lowest BCUT2D eigenvalue weighted by Gasteiger charge is -2.33. The number of carbonyl (C=O) groups excluding carboxylic acids is 1. The van der Waals surface area contributed by atoms with E-state index in [1.165, 1.54) is 4.90 Å². The van der Waals surface area contributed by atoms with Gasteiger partial charge < -0.3 is 25.1 Å². The van der Waals surface area contributed by atoms with E-state index in [1.807, 2.05) is 0 Å². The van der Waals surface area contributed by atoms with E-state index >= 15 is 0 Å². The maximum Gasteiger partial charge on any atom is 0.326 e. The van der Waals surface area contributed by atoms with Gasteiger partial charge >= 0.3 is 12.0 Å². The Hall–Kier alpha value is -1.34. The zero-order chi connectivity index (χ0) is 14.8. The first-order valence-corrected chi connectivity index (χ1v) is 6.34. The van der Waals surface area contributed by atoms with E-state index in [1.54, 1.807) is 20.8 Å². The lowest BCUT2D eigenvalue weighted by atomic mass is 10.1. The summed E-state index contributed by atoms with van der Waals surface area (Å²) in [5.41, 5.74) is -1.05. The summed E-state index contributed by atoms with van der Waals surface area (Å²) in [6.07, 6.45) is -0.771. The molecule has 1 heterocycles. The van der Waals surface area contributed by atoms with Gasteiger partial charge in [-0.05, 0) is 20.8 Å². The highest BCUT2D eigenvalue weighted by Gasteiger charge is 2.40. The molecule has 7 nitrogen and oxygen atoms in total. The van der Waals surface area contributed by atoms with Crippen molar-refractivity contribution in [1.29, 1.82) is 0 Å². The number of carboxylic acids is 1. The minimum Gasteiger partial charge on any atom is -0.480 e. The van der Waals surface area contributed by atoms with Gasteiger partial charge in [-0.3, -0.25) is 0 Å². The third kappa shape index (κ3) is 4.07. The number of likely N-dealkylation sites (N-methyl/N-ethyl adjacent to an activating group) is 1. The number of amides is 2. The molecule has 1 aliphatic rings. The second-order valence-corrected chi connectivity index (χ2v) is 5.51. The molecule has 0 unspecified atom stereocenters. The Labute approximate surface area is 112 Å². The second-order valence-electron chi connectivity index (χ2n) is 5.51. The van der Waals surface area contributed by atoms with E-state index in [2.05, 4.69) is 0 Å². The Morgan fingerprint density at radius 3 is 2.42 bits per heavy atom. The molecular weight excluding hydrogens is 252 g/mol. The molecule has 7 heteroatoms. The molecule has 1 aliphatic heterocycles. The molecule has 1 rings (SSSR count). The maximum atomic E-state index is 12.3. The summed E-state index contributed by atoms with van der Waals surface area (Å²) < 4.78 is 0. The number of carbonyl (C=O) groups is 2. The van der Waals surface area contributed by atoms with E-state index in [-0.39, 0.29) is 19.5 Å². The first-order chi connectivity index (χ1) is 8.65. The molecule has 2 atom stereocenters. The fourth-order valence-corrected chi connectivity index (χ4v) is 2.22. The summed E-state index contributed by atoms with van der Waals surface area (Å²) in [5.74, 6) is -1.12. The van der Waals surface area contributed by atoms with Crippen LogP contribution in [-0.4, -0.2) is 74.5 Å². The summed E-state index contributed by atoms with van der Waals surface area (Å²) in [6.45, 7) is 5.40. The van der Waals surface area contributed by atoms with Crippen molar-refractivity contribution >= 4 is 12.0 Å². The van der Waals surface area contributed by atoms with Crippen molar-refractivity contribution in [2.45, 2.75) is 44.9 Å². The molecule has 1 fully saturated rings. The van der Waals surface area contributed by atoms with Gasteiger partial charge in [-0.1, -0.05) is 0 Å². The maximum absolute atomic E-state index is 12.3. The van der Waals surface area contributed by atoms with Gasteiger partial charge in [0.05, 0.1) is 18.2 Å². The van der Waals surface area contributed by atoms with Crippen molar-refractivity contribution in [2.75, 3.05) is 19.6 Å². The minimum atomic E-state index is -1.12. The minimum absolute atomic E-state index is 0.0121. The second kappa shape index (κ2) is 5.75. The van der Waals surface area contributed by atoms with E-state index in [4.69, 9.17) is 5.11 Å². The highest BCUT2D eigenvalue weighted by Crippen LogP contribution is 2.20. The number of carboxylic acid groups (broad SMARTS) is 1. The van der Waals surface area contributed by atoms with Gasteiger partial charge in [-0.15, -0.1) is 0 Å². The number of likely N-dealkylation sites (tertiary alicyclic amines) is 1. The van der Waals surface area contributed by atoms with Gasteiger partial charge in [0.25, 0.3) is 0 Å². The van der Waals surface area contributed by atoms with Gasteiger partial charge in [-0.2, -0.15) is 0 Å². The van der Waals surface area contributed by atoms with Crippen LogP contribution < -0.4 is 0 Å². The number of rotatable bonds is 4. The zero-order valence-corrected chi connectivity index (χ0v) is 11.5. The SMILES string of the molecule is CCN(CC(C)(C)O)C(=O)N1C[C@H](O)C[C@@H]1C(=O)O. The van der Waals surface area contributed by atoms with E-state index in [0.717, 1.165) is 4.90 Å². The molecule has 1 saturated heterocycles. The summed E-state index contributed by atoms with van der Waals surface area (Å²) in [6, 6.07) is -1.47. The predicted molar refractivity (Wildman–Crippen MR) is 67.7 cm³/mol. The predicted octanol–water partition coefficient (Wildman–Crippen LogP) is -0.281. The van der Waals surface area contributed by atoms with Gasteiger partial charge in [0.2, 0.25) is 0 Å². The molecule has 19 heavy (non-hydrogen) atoms. The average Bonchev–Trinajstić information content (AvgIpc) is 2.66. The third-order valence-electron chi connectivity index (χ3n) is 3.04. The molecule has 0 bridgehead atoms. The van der Waals surface area contributed by atoms with Crippen LogP contribution in [0.15, 0.2) is 0 Å². The average molecular weight is 274 g/mol. The summed E-state index contributed by atoms with van der Waals surface area (Å²) in [7, 11) is 0. The van der Waals surface area contributed by atoms with Crippen LogP contribution in [0.1, 0.15) is 27.2 Å². The zero-order valence-electron chi connectivity index (χ0n) is 11.5. The van der Waals surface area contributed by atoms with Crippen molar-refractivity contribution in [3.63, 3.8) is 0 Å².